The highest BCUT2D eigenvalue weighted by atomic mass is 16.5. The van der Waals surface area contributed by atoms with E-state index in [2.05, 4.69) is 0 Å². The summed E-state index contributed by atoms with van der Waals surface area (Å²) in [7, 11) is 4.40. The van der Waals surface area contributed by atoms with E-state index in [4.69, 9.17) is 9.47 Å². The first kappa shape index (κ1) is 18.9. The second kappa shape index (κ2) is 6.88. The number of benzene rings is 2. The van der Waals surface area contributed by atoms with Crippen molar-refractivity contribution in [2.75, 3.05) is 26.2 Å². The number of anilines is 1. The van der Waals surface area contributed by atoms with Crippen LogP contribution in [0, 0.1) is 5.92 Å². The first-order valence-corrected chi connectivity index (χ1v) is 9.30. The van der Waals surface area contributed by atoms with Crippen LogP contribution in [-0.2, 0) is 24.5 Å². The van der Waals surface area contributed by atoms with Crippen LogP contribution in [0.15, 0.2) is 54.6 Å². The first-order valence-electron chi connectivity index (χ1n) is 9.30. The lowest BCUT2D eigenvalue weighted by molar-refractivity contribution is -0.154. The van der Waals surface area contributed by atoms with Gasteiger partial charge in [0.05, 0.1) is 20.1 Å². The van der Waals surface area contributed by atoms with E-state index in [1.54, 1.807) is 25.2 Å². The number of esters is 1. The molecule has 1 amide bonds. The average molecular weight is 391 g/mol. The van der Waals surface area contributed by atoms with Gasteiger partial charge in [0.15, 0.2) is 11.2 Å². The van der Waals surface area contributed by atoms with Gasteiger partial charge in [-0.25, -0.2) is 0 Å². The van der Waals surface area contributed by atoms with Gasteiger partial charge in [-0.15, -0.1) is 0 Å². The summed E-state index contributed by atoms with van der Waals surface area (Å²) in [4.78, 5) is 41.3. The summed E-state index contributed by atoms with van der Waals surface area (Å²) < 4.78 is 10.4. The van der Waals surface area contributed by atoms with E-state index in [1.165, 1.54) is 25.2 Å². The number of ether oxygens (including phenoxy) is 2. The van der Waals surface area contributed by atoms with Gasteiger partial charge < -0.3 is 14.4 Å². The average Bonchev–Trinajstić information content (AvgIpc) is 2.98. The highest BCUT2D eigenvalue weighted by Crippen LogP contribution is 2.52. The molecule has 1 heterocycles. The van der Waals surface area contributed by atoms with Crippen LogP contribution >= 0.6 is 0 Å². The summed E-state index contributed by atoms with van der Waals surface area (Å²) in [5, 5.41) is 0. The molecule has 2 atom stereocenters. The van der Waals surface area contributed by atoms with E-state index >= 15 is 0 Å². The van der Waals surface area contributed by atoms with Crippen molar-refractivity contribution in [2.45, 2.75) is 11.8 Å². The minimum Gasteiger partial charge on any atom is -0.497 e. The van der Waals surface area contributed by atoms with Gasteiger partial charge in [0.1, 0.15) is 5.75 Å². The zero-order chi connectivity index (χ0) is 20.8. The molecule has 1 aliphatic heterocycles. The second-order valence-corrected chi connectivity index (χ2v) is 7.23. The Bertz CT molecular complexity index is 1040. The molecule has 0 fully saturated rings. The van der Waals surface area contributed by atoms with Crippen molar-refractivity contribution in [2.24, 2.45) is 5.92 Å². The molecule has 0 unspecified atom stereocenters. The van der Waals surface area contributed by atoms with Crippen LogP contribution in [0.5, 0.6) is 5.75 Å². The third-order valence-electron chi connectivity index (χ3n) is 5.90. The van der Waals surface area contributed by atoms with E-state index in [1.807, 2.05) is 30.3 Å². The Labute approximate surface area is 168 Å². The highest BCUT2D eigenvalue weighted by molar-refractivity contribution is 6.28. The summed E-state index contributed by atoms with van der Waals surface area (Å²) in [6, 6.07) is 14.5. The highest BCUT2D eigenvalue weighted by Gasteiger charge is 2.63. The number of fused-ring (bicyclic) bond motifs is 2. The van der Waals surface area contributed by atoms with E-state index in [-0.39, 0.29) is 6.42 Å². The van der Waals surface area contributed by atoms with Gasteiger partial charge in [0.2, 0.25) is 5.91 Å². The smallest absolute Gasteiger partial charge is 0.310 e. The maximum Gasteiger partial charge on any atom is 0.310 e. The number of rotatable bonds is 3. The van der Waals surface area contributed by atoms with E-state index in [0.717, 1.165) is 5.56 Å². The molecule has 29 heavy (non-hydrogen) atoms. The van der Waals surface area contributed by atoms with Gasteiger partial charge >= 0.3 is 5.97 Å². The summed E-state index contributed by atoms with van der Waals surface area (Å²) >= 11 is 0. The lowest BCUT2D eigenvalue weighted by Gasteiger charge is -2.36. The molecule has 0 bridgehead atoms. The van der Waals surface area contributed by atoms with E-state index in [0.29, 0.717) is 22.6 Å². The third kappa shape index (κ3) is 2.59. The first-order chi connectivity index (χ1) is 13.9. The number of likely N-dealkylation sites (N-methyl/N-ethyl adjacent to an activating group) is 1. The number of hydrogen-bond acceptors (Lipinski definition) is 5. The maximum absolute atomic E-state index is 13.6. The molecular weight excluding hydrogens is 370 g/mol. The van der Waals surface area contributed by atoms with Gasteiger partial charge in [0.25, 0.3) is 0 Å². The molecule has 6 nitrogen and oxygen atoms in total. The van der Waals surface area contributed by atoms with Gasteiger partial charge in [-0.1, -0.05) is 30.3 Å². The lowest BCUT2D eigenvalue weighted by atomic mass is 9.62. The van der Waals surface area contributed by atoms with Crippen molar-refractivity contribution in [3.63, 3.8) is 0 Å². The van der Waals surface area contributed by atoms with Crippen molar-refractivity contribution in [3.05, 3.63) is 65.7 Å². The van der Waals surface area contributed by atoms with E-state index in [9.17, 15) is 14.4 Å². The molecule has 2 aliphatic rings. The molecule has 1 aliphatic carbocycles. The molecule has 4 rings (SSSR count). The number of hydrogen-bond donors (Lipinski definition) is 0. The van der Waals surface area contributed by atoms with Crippen LogP contribution in [0.1, 0.15) is 17.5 Å². The van der Waals surface area contributed by atoms with Gasteiger partial charge in [0, 0.05) is 18.3 Å². The standard InChI is InChI=1S/C23H21NO5/c1-24-19-10-9-16(28-2)13-17(19)23(22(24)27)18(21(26)29-3)11-15(12-20(23)25)14-7-5-4-6-8-14/h4-10,12-13,18H,11H2,1-3H3/t18-,23-/m0/s1. The molecule has 148 valence electrons. The summed E-state index contributed by atoms with van der Waals surface area (Å²) in [6.07, 6.45) is 1.72. The molecular formula is C23H21NO5. The fourth-order valence-electron chi connectivity index (χ4n) is 4.45. The fourth-order valence-corrected chi connectivity index (χ4v) is 4.45. The van der Waals surface area contributed by atoms with Crippen LogP contribution < -0.4 is 9.64 Å². The topological polar surface area (TPSA) is 72.9 Å². The molecule has 0 N–H and O–H groups in total. The van der Waals surface area contributed by atoms with Crippen LogP contribution in [0.3, 0.4) is 0 Å². The molecule has 0 saturated heterocycles. The van der Waals surface area contributed by atoms with Crippen LogP contribution in [0.2, 0.25) is 0 Å². The predicted molar refractivity (Wildman–Crippen MR) is 108 cm³/mol. The number of carbonyl (C=O) groups excluding carboxylic acids is 3. The third-order valence-corrected chi connectivity index (χ3v) is 5.90. The van der Waals surface area contributed by atoms with Crippen molar-refractivity contribution in [1.29, 1.82) is 0 Å². The Balaban J connectivity index is 1.96. The van der Waals surface area contributed by atoms with Gasteiger partial charge in [-0.05, 0) is 41.8 Å². The molecule has 0 radical (unpaired) electrons. The molecule has 0 aromatic heterocycles. The summed E-state index contributed by atoms with van der Waals surface area (Å²) in [5.41, 5.74) is 0.977. The SMILES string of the molecule is COC(=O)[C@@H]1CC(c2ccccc2)=CC(=O)[C@@]12C(=O)N(C)c1ccc(OC)cc12. The Kier molecular flexibility index (Phi) is 4.49. The lowest BCUT2D eigenvalue weighted by Crippen LogP contribution is -2.54. The number of methoxy groups -OCH3 is 2. The molecule has 2 aromatic rings. The largest absolute Gasteiger partial charge is 0.497 e. The number of carbonyl (C=O) groups is 3. The van der Waals surface area contributed by atoms with Crippen LogP contribution in [0.4, 0.5) is 5.69 Å². The Morgan fingerprint density at radius 2 is 1.83 bits per heavy atom. The predicted octanol–water partition coefficient (Wildman–Crippen LogP) is 2.76. The second-order valence-electron chi connectivity index (χ2n) is 7.23. The van der Waals surface area contributed by atoms with Gasteiger partial charge in [-0.2, -0.15) is 0 Å². The molecule has 6 heteroatoms. The summed E-state index contributed by atoms with van der Waals surface area (Å²) in [6.45, 7) is 0. The zero-order valence-corrected chi connectivity index (χ0v) is 16.5. The minimum atomic E-state index is -1.65. The Morgan fingerprint density at radius 1 is 1.10 bits per heavy atom. The minimum absolute atomic E-state index is 0.221. The van der Waals surface area contributed by atoms with Gasteiger partial charge in [-0.3, -0.25) is 14.4 Å². The number of ketones is 1. The molecule has 0 saturated carbocycles. The quantitative estimate of drug-likeness (QED) is 0.594. The zero-order valence-electron chi connectivity index (χ0n) is 16.5. The number of amides is 1. The molecule has 2 aromatic carbocycles. The maximum atomic E-state index is 13.6. The van der Waals surface area contributed by atoms with E-state index < -0.39 is 29.0 Å². The molecule has 1 spiro atoms. The Hall–Kier alpha value is -3.41. The van der Waals surface area contributed by atoms with Crippen LogP contribution in [0.25, 0.3) is 5.57 Å². The monoisotopic (exact) mass is 391 g/mol. The van der Waals surface area contributed by atoms with Crippen LogP contribution in [-0.4, -0.2) is 38.9 Å². The van der Waals surface area contributed by atoms with Crippen molar-refractivity contribution in [3.8, 4) is 5.75 Å². The number of allylic oxidation sites excluding steroid dienone is 2. The number of nitrogens with zero attached hydrogens (tertiary/aromatic N) is 1. The fraction of sp³-hybridized carbons (Fsp3) is 0.261. The normalized spacial score (nSPS) is 23.1. The Morgan fingerprint density at radius 3 is 2.48 bits per heavy atom. The summed E-state index contributed by atoms with van der Waals surface area (Å²) in [5.74, 6) is -1.88. The van der Waals surface area contributed by atoms with Crippen molar-refractivity contribution < 1.29 is 23.9 Å². The van der Waals surface area contributed by atoms with Crippen molar-refractivity contribution in [1.82, 2.24) is 0 Å². The van der Waals surface area contributed by atoms with Crippen molar-refractivity contribution >= 4 is 28.9 Å².